The lowest BCUT2D eigenvalue weighted by atomic mass is 10.1. The number of unbranched alkanes of at least 4 members (excludes halogenated alkanes) is 2. The largest absolute Gasteiger partial charge is 0.327 e. The fourth-order valence-electron chi connectivity index (χ4n) is 0.866. The van der Waals surface area contributed by atoms with Crippen molar-refractivity contribution >= 4 is 6.29 Å². The molecular weight excluding hydrogens is 126 g/mol. The highest BCUT2D eigenvalue weighted by molar-refractivity contribution is 5.51. The zero-order valence-electron chi connectivity index (χ0n) is 6.60. The highest BCUT2D eigenvalue weighted by Crippen LogP contribution is 2.02. The van der Waals surface area contributed by atoms with Gasteiger partial charge in [-0.15, -0.1) is 0 Å². The molecule has 0 aromatic rings. The maximum Gasteiger partial charge on any atom is 0.199 e. The van der Waals surface area contributed by atoms with Crippen LogP contribution in [0, 0.1) is 0 Å². The van der Waals surface area contributed by atoms with Gasteiger partial charge in [0.2, 0.25) is 0 Å². The van der Waals surface area contributed by atoms with E-state index in [-0.39, 0.29) is 6.04 Å². The van der Waals surface area contributed by atoms with Crippen molar-refractivity contribution in [2.45, 2.75) is 45.1 Å². The van der Waals surface area contributed by atoms with Crippen LogP contribution in [0.5, 0.6) is 0 Å². The van der Waals surface area contributed by atoms with E-state index in [1.165, 1.54) is 12.8 Å². The Balaban J connectivity index is 3.04. The Kier molecular flexibility index (Phi) is 6.50. The van der Waals surface area contributed by atoms with Crippen LogP contribution in [0.4, 0.5) is 0 Å². The Labute approximate surface area is 62.8 Å². The molecule has 0 saturated carbocycles. The van der Waals surface area contributed by atoms with Gasteiger partial charge in [-0.3, -0.25) is 4.79 Å². The molecule has 59 valence electrons. The molecule has 10 heavy (non-hydrogen) atoms. The number of nitrogens with two attached hydrogens (primary N) is 1. The molecule has 0 aliphatic heterocycles. The van der Waals surface area contributed by atoms with Crippen LogP contribution in [0.2, 0.25) is 0 Å². The molecule has 0 aliphatic rings. The summed E-state index contributed by atoms with van der Waals surface area (Å²) in [6.45, 7) is 2.15. The van der Waals surface area contributed by atoms with Crippen LogP contribution in [0.15, 0.2) is 0 Å². The van der Waals surface area contributed by atoms with Gasteiger partial charge in [0.1, 0.15) is 0 Å². The van der Waals surface area contributed by atoms with Crippen LogP contribution in [-0.2, 0) is 4.79 Å². The topological polar surface area (TPSA) is 43.1 Å². The number of carbonyl (C=O) groups excluding carboxylic acids is 1. The molecular formula is C8H16NO. The third-order valence-corrected chi connectivity index (χ3v) is 1.52. The minimum Gasteiger partial charge on any atom is -0.327 e. The van der Waals surface area contributed by atoms with Crippen molar-refractivity contribution in [2.24, 2.45) is 5.73 Å². The summed E-state index contributed by atoms with van der Waals surface area (Å²) in [7, 11) is 0. The van der Waals surface area contributed by atoms with Crippen molar-refractivity contribution < 1.29 is 4.79 Å². The zero-order chi connectivity index (χ0) is 7.82. The van der Waals surface area contributed by atoms with E-state index in [1.807, 2.05) is 6.29 Å². The standard InChI is InChI=1S/C8H16NO/c1-2-3-4-5-8(9)6-7-10/h8H,2-6,9H2,1H3. The van der Waals surface area contributed by atoms with Gasteiger partial charge in [0.05, 0.1) is 0 Å². The van der Waals surface area contributed by atoms with E-state index in [0.717, 1.165) is 12.8 Å². The van der Waals surface area contributed by atoms with Crippen molar-refractivity contribution in [1.82, 2.24) is 0 Å². The molecule has 0 aromatic heterocycles. The third-order valence-electron chi connectivity index (χ3n) is 1.52. The first-order valence-electron chi connectivity index (χ1n) is 3.91. The molecule has 2 N–H and O–H groups in total. The average molecular weight is 142 g/mol. The molecule has 1 radical (unpaired) electrons. The third kappa shape index (κ3) is 5.76. The summed E-state index contributed by atoms with van der Waals surface area (Å²) in [5, 5.41) is 0. The predicted octanol–water partition coefficient (Wildman–Crippen LogP) is 1.39. The monoisotopic (exact) mass is 142 g/mol. The summed E-state index contributed by atoms with van der Waals surface area (Å²) in [5.74, 6) is 0. The quantitative estimate of drug-likeness (QED) is 0.569. The average Bonchev–Trinajstić information content (AvgIpc) is 1.89. The van der Waals surface area contributed by atoms with Gasteiger partial charge in [-0.25, -0.2) is 0 Å². The van der Waals surface area contributed by atoms with Gasteiger partial charge in [-0.1, -0.05) is 26.2 Å². The van der Waals surface area contributed by atoms with Gasteiger partial charge < -0.3 is 5.73 Å². The lowest BCUT2D eigenvalue weighted by molar-refractivity contribution is 0.522. The maximum absolute atomic E-state index is 9.84. The predicted molar refractivity (Wildman–Crippen MR) is 42.4 cm³/mol. The van der Waals surface area contributed by atoms with E-state index in [2.05, 4.69) is 6.92 Å². The normalized spacial score (nSPS) is 13.0. The minimum atomic E-state index is 0.0454. The van der Waals surface area contributed by atoms with Crippen molar-refractivity contribution in [1.29, 1.82) is 0 Å². The molecule has 1 unspecified atom stereocenters. The number of hydrogen-bond donors (Lipinski definition) is 1. The second-order valence-corrected chi connectivity index (χ2v) is 2.60. The van der Waals surface area contributed by atoms with Crippen LogP contribution in [-0.4, -0.2) is 12.3 Å². The summed E-state index contributed by atoms with van der Waals surface area (Å²) >= 11 is 0. The van der Waals surface area contributed by atoms with Crippen LogP contribution < -0.4 is 5.73 Å². The SMILES string of the molecule is CCCCCC(N)C[C]=O. The van der Waals surface area contributed by atoms with E-state index >= 15 is 0 Å². The Morgan fingerprint density at radius 2 is 2.20 bits per heavy atom. The van der Waals surface area contributed by atoms with Gasteiger partial charge in [0.25, 0.3) is 0 Å². The molecule has 2 heteroatoms. The smallest absolute Gasteiger partial charge is 0.199 e. The van der Waals surface area contributed by atoms with Crippen molar-refractivity contribution in [3.63, 3.8) is 0 Å². The lowest BCUT2D eigenvalue weighted by Gasteiger charge is -2.04. The van der Waals surface area contributed by atoms with Gasteiger partial charge in [-0.2, -0.15) is 0 Å². The van der Waals surface area contributed by atoms with Crippen LogP contribution >= 0.6 is 0 Å². The molecule has 0 amide bonds. The Morgan fingerprint density at radius 3 is 2.70 bits per heavy atom. The molecule has 1 atom stereocenters. The Bertz CT molecular complexity index is 83.3. The van der Waals surface area contributed by atoms with Crippen molar-refractivity contribution in [3.8, 4) is 0 Å². The van der Waals surface area contributed by atoms with Crippen molar-refractivity contribution in [3.05, 3.63) is 0 Å². The summed E-state index contributed by atoms with van der Waals surface area (Å²) in [6.07, 6.45) is 6.73. The molecule has 0 bridgehead atoms. The second-order valence-electron chi connectivity index (χ2n) is 2.60. The van der Waals surface area contributed by atoms with Gasteiger partial charge >= 0.3 is 0 Å². The molecule has 0 saturated heterocycles. The first-order chi connectivity index (χ1) is 4.81. The van der Waals surface area contributed by atoms with Crippen LogP contribution in [0.3, 0.4) is 0 Å². The summed E-state index contributed by atoms with van der Waals surface area (Å²) < 4.78 is 0. The lowest BCUT2D eigenvalue weighted by Crippen LogP contribution is -2.19. The molecule has 0 aliphatic carbocycles. The summed E-state index contributed by atoms with van der Waals surface area (Å²) in [5.41, 5.74) is 5.56. The fourth-order valence-corrected chi connectivity index (χ4v) is 0.866. The first-order valence-corrected chi connectivity index (χ1v) is 3.91. The minimum absolute atomic E-state index is 0.0454. The maximum atomic E-state index is 9.84. The van der Waals surface area contributed by atoms with E-state index in [9.17, 15) is 4.79 Å². The highest BCUT2D eigenvalue weighted by atomic mass is 16.1. The highest BCUT2D eigenvalue weighted by Gasteiger charge is 1.99. The van der Waals surface area contributed by atoms with E-state index in [4.69, 9.17) is 5.73 Å². The van der Waals surface area contributed by atoms with Gasteiger partial charge in [0, 0.05) is 12.5 Å². The van der Waals surface area contributed by atoms with Gasteiger partial charge in [-0.05, 0) is 6.42 Å². The molecule has 0 fully saturated rings. The molecule has 2 nitrogen and oxygen atoms in total. The molecule has 0 heterocycles. The molecule has 0 spiro atoms. The van der Waals surface area contributed by atoms with E-state index in [0.29, 0.717) is 6.42 Å². The Morgan fingerprint density at radius 1 is 1.50 bits per heavy atom. The summed E-state index contributed by atoms with van der Waals surface area (Å²) in [6, 6.07) is 0.0454. The summed E-state index contributed by atoms with van der Waals surface area (Å²) in [4.78, 5) is 9.84. The van der Waals surface area contributed by atoms with Crippen molar-refractivity contribution in [2.75, 3.05) is 0 Å². The van der Waals surface area contributed by atoms with E-state index < -0.39 is 0 Å². The zero-order valence-corrected chi connectivity index (χ0v) is 6.60. The number of rotatable bonds is 6. The fraction of sp³-hybridized carbons (Fsp3) is 0.875. The molecule has 0 rings (SSSR count). The van der Waals surface area contributed by atoms with Gasteiger partial charge in [0.15, 0.2) is 6.29 Å². The number of hydrogen-bond acceptors (Lipinski definition) is 2. The van der Waals surface area contributed by atoms with E-state index in [1.54, 1.807) is 0 Å². The van der Waals surface area contributed by atoms with Crippen LogP contribution in [0.25, 0.3) is 0 Å². The molecule has 0 aromatic carbocycles. The second kappa shape index (κ2) is 6.75. The Hall–Kier alpha value is -0.370. The van der Waals surface area contributed by atoms with Crippen LogP contribution in [0.1, 0.15) is 39.0 Å². The first kappa shape index (κ1) is 9.63.